The van der Waals surface area contributed by atoms with Crippen LogP contribution in [-0.4, -0.2) is 15.7 Å². The summed E-state index contributed by atoms with van der Waals surface area (Å²) in [5, 5.41) is 0.163. The minimum absolute atomic E-state index is 0.163. The van der Waals surface area contributed by atoms with Gasteiger partial charge >= 0.3 is 0 Å². The van der Waals surface area contributed by atoms with Gasteiger partial charge in [-0.25, -0.2) is 9.97 Å². The fraction of sp³-hybridized carbons (Fsp3) is 0.143. The van der Waals surface area contributed by atoms with Crippen molar-refractivity contribution >= 4 is 36.1 Å². The Hall–Kier alpha value is -0.740. The molecule has 0 aliphatic heterocycles. The Bertz CT molecular complexity index is 301. The number of rotatable bonds is 2. The summed E-state index contributed by atoms with van der Waals surface area (Å²) in [6.45, 7) is 0. The molecule has 5 heteroatoms. The number of nitrogens with two attached hydrogens (primary N) is 1. The van der Waals surface area contributed by atoms with Crippen LogP contribution in [0.4, 0.5) is 5.82 Å². The second-order valence-corrected chi connectivity index (χ2v) is 2.77. The number of nitrogen functional groups attached to an aromatic ring is 1. The smallest absolute Gasteiger partial charge is 0.224 e. The lowest BCUT2D eigenvalue weighted by Gasteiger charge is -1.97. The second kappa shape index (κ2) is 4.33. The lowest BCUT2D eigenvalue weighted by molar-refractivity contribution is 1.17. The highest BCUT2D eigenvalue weighted by atomic mass is 35.5. The summed E-state index contributed by atoms with van der Waals surface area (Å²) >= 11 is 9.52. The van der Waals surface area contributed by atoms with Crippen LogP contribution in [0, 0.1) is 0 Å². The van der Waals surface area contributed by atoms with Gasteiger partial charge in [-0.2, -0.15) is 12.6 Å². The maximum absolute atomic E-state index is 5.55. The van der Waals surface area contributed by atoms with Crippen molar-refractivity contribution in [3.8, 4) is 0 Å². The molecular formula is C7H8ClN3S. The van der Waals surface area contributed by atoms with Crippen molar-refractivity contribution in [2.75, 3.05) is 11.5 Å². The largest absolute Gasteiger partial charge is 0.383 e. The Morgan fingerprint density at radius 2 is 2.42 bits per heavy atom. The molecule has 0 aliphatic rings. The summed E-state index contributed by atoms with van der Waals surface area (Å²) < 4.78 is 0. The zero-order valence-corrected chi connectivity index (χ0v) is 7.89. The van der Waals surface area contributed by atoms with Crippen molar-refractivity contribution in [3.05, 3.63) is 23.1 Å². The summed E-state index contributed by atoms with van der Waals surface area (Å²) in [7, 11) is 0. The van der Waals surface area contributed by atoms with Gasteiger partial charge in [0, 0.05) is 17.5 Å². The van der Waals surface area contributed by atoms with Crippen LogP contribution in [0.1, 0.15) is 5.56 Å². The van der Waals surface area contributed by atoms with Crippen molar-refractivity contribution in [1.29, 1.82) is 0 Å². The molecule has 1 rings (SSSR count). The number of nitrogens with zero attached hydrogens (tertiary/aromatic N) is 2. The number of anilines is 1. The van der Waals surface area contributed by atoms with E-state index in [2.05, 4.69) is 22.6 Å². The Balaban J connectivity index is 2.94. The average Bonchev–Trinajstić information content (AvgIpc) is 2.03. The Morgan fingerprint density at radius 1 is 1.67 bits per heavy atom. The monoisotopic (exact) mass is 201 g/mol. The molecule has 0 aliphatic carbocycles. The molecule has 64 valence electrons. The number of hydrogen-bond acceptors (Lipinski definition) is 4. The molecule has 1 heterocycles. The van der Waals surface area contributed by atoms with Crippen LogP contribution in [0.2, 0.25) is 5.28 Å². The van der Waals surface area contributed by atoms with Crippen molar-refractivity contribution in [1.82, 2.24) is 9.97 Å². The van der Waals surface area contributed by atoms with E-state index in [1.54, 1.807) is 12.3 Å². The first-order valence-corrected chi connectivity index (χ1v) is 4.30. The number of hydrogen-bond donors (Lipinski definition) is 2. The SMILES string of the molecule is Nc1nc(Cl)ncc1C=CCS. The predicted octanol–water partition coefficient (Wildman–Crippen LogP) is 1.66. The maximum Gasteiger partial charge on any atom is 0.224 e. The highest BCUT2D eigenvalue weighted by Crippen LogP contribution is 2.11. The molecule has 0 bridgehead atoms. The topological polar surface area (TPSA) is 51.8 Å². The van der Waals surface area contributed by atoms with E-state index in [1.807, 2.05) is 6.08 Å². The van der Waals surface area contributed by atoms with E-state index < -0.39 is 0 Å². The quantitative estimate of drug-likeness (QED) is 0.565. The van der Waals surface area contributed by atoms with Gasteiger partial charge < -0.3 is 5.73 Å². The second-order valence-electron chi connectivity index (χ2n) is 2.06. The molecule has 1 aromatic rings. The zero-order valence-electron chi connectivity index (χ0n) is 6.24. The van der Waals surface area contributed by atoms with Crippen molar-refractivity contribution in [2.24, 2.45) is 0 Å². The summed E-state index contributed by atoms with van der Waals surface area (Å²) in [4.78, 5) is 7.57. The summed E-state index contributed by atoms with van der Waals surface area (Å²) in [5.41, 5.74) is 6.31. The molecule has 0 aromatic carbocycles. The fourth-order valence-corrected chi connectivity index (χ4v) is 0.935. The molecule has 12 heavy (non-hydrogen) atoms. The summed E-state index contributed by atoms with van der Waals surface area (Å²) in [6, 6.07) is 0. The van der Waals surface area contributed by atoms with Crippen LogP contribution >= 0.6 is 24.2 Å². The molecular weight excluding hydrogens is 194 g/mol. The highest BCUT2D eigenvalue weighted by Gasteiger charge is 1.97. The van der Waals surface area contributed by atoms with Gasteiger partial charge in [-0.1, -0.05) is 12.2 Å². The third-order valence-corrected chi connectivity index (χ3v) is 1.61. The zero-order chi connectivity index (χ0) is 8.97. The van der Waals surface area contributed by atoms with E-state index in [1.165, 1.54) is 0 Å². The highest BCUT2D eigenvalue weighted by molar-refractivity contribution is 7.80. The fourth-order valence-electron chi connectivity index (χ4n) is 0.690. The molecule has 0 amide bonds. The van der Waals surface area contributed by atoms with E-state index in [0.29, 0.717) is 11.6 Å². The van der Waals surface area contributed by atoms with Gasteiger partial charge in [0.15, 0.2) is 0 Å². The number of thiol groups is 1. The van der Waals surface area contributed by atoms with Gasteiger partial charge in [-0.05, 0) is 11.6 Å². The predicted molar refractivity (Wildman–Crippen MR) is 54.3 cm³/mol. The third-order valence-electron chi connectivity index (χ3n) is 1.22. The van der Waals surface area contributed by atoms with Crippen molar-refractivity contribution in [2.45, 2.75) is 0 Å². The lowest BCUT2D eigenvalue weighted by Crippen LogP contribution is -1.95. The number of aromatic nitrogens is 2. The van der Waals surface area contributed by atoms with Crippen molar-refractivity contribution < 1.29 is 0 Å². The van der Waals surface area contributed by atoms with E-state index in [4.69, 9.17) is 17.3 Å². The summed E-state index contributed by atoms with van der Waals surface area (Å²) in [6.07, 6.45) is 5.23. The summed E-state index contributed by atoms with van der Waals surface area (Å²) in [5.74, 6) is 1.04. The third kappa shape index (κ3) is 2.39. The van der Waals surface area contributed by atoms with Gasteiger partial charge in [0.2, 0.25) is 5.28 Å². The Labute approximate surface area is 81.1 Å². The van der Waals surface area contributed by atoms with Crippen LogP contribution in [0.3, 0.4) is 0 Å². The molecule has 0 saturated carbocycles. The maximum atomic E-state index is 5.55. The molecule has 1 aromatic heterocycles. The Morgan fingerprint density at radius 3 is 3.00 bits per heavy atom. The van der Waals surface area contributed by atoms with E-state index in [9.17, 15) is 0 Å². The molecule has 0 radical (unpaired) electrons. The molecule has 0 spiro atoms. The number of halogens is 1. The van der Waals surface area contributed by atoms with Crippen LogP contribution in [-0.2, 0) is 0 Å². The van der Waals surface area contributed by atoms with Gasteiger partial charge in [-0.15, -0.1) is 0 Å². The van der Waals surface area contributed by atoms with Crippen LogP contribution in [0.25, 0.3) is 6.08 Å². The molecule has 0 saturated heterocycles. The molecule has 2 N–H and O–H groups in total. The molecule has 0 unspecified atom stereocenters. The molecule has 0 atom stereocenters. The first-order valence-electron chi connectivity index (χ1n) is 3.29. The van der Waals surface area contributed by atoms with Crippen LogP contribution in [0.15, 0.2) is 12.3 Å². The van der Waals surface area contributed by atoms with Crippen LogP contribution in [0.5, 0.6) is 0 Å². The normalized spacial score (nSPS) is 10.8. The van der Waals surface area contributed by atoms with Gasteiger partial charge in [-0.3, -0.25) is 0 Å². The standard InChI is InChI=1S/C7H8ClN3S/c8-7-10-4-5(2-1-3-12)6(9)11-7/h1-2,4,12H,3H2,(H2,9,10,11). The molecule has 0 fully saturated rings. The minimum atomic E-state index is 0.163. The first-order chi connectivity index (χ1) is 5.74. The molecule has 3 nitrogen and oxygen atoms in total. The lowest BCUT2D eigenvalue weighted by atomic mass is 10.3. The van der Waals surface area contributed by atoms with Gasteiger partial charge in [0.25, 0.3) is 0 Å². The Kier molecular flexibility index (Phi) is 3.37. The van der Waals surface area contributed by atoms with Gasteiger partial charge in [0.05, 0.1) is 0 Å². The van der Waals surface area contributed by atoms with E-state index in [-0.39, 0.29) is 5.28 Å². The minimum Gasteiger partial charge on any atom is -0.383 e. The van der Waals surface area contributed by atoms with Gasteiger partial charge in [0.1, 0.15) is 5.82 Å². The average molecular weight is 202 g/mol. The first kappa shape index (κ1) is 9.35. The van der Waals surface area contributed by atoms with E-state index in [0.717, 1.165) is 5.56 Å². The van der Waals surface area contributed by atoms with E-state index >= 15 is 0 Å². The van der Waals surface area contributed by atoms with Crippen molar-refractivity contribution in [3.63, 3.8) is 0 Å². The van der Waals surface area contributed by atoms with Crippen LogP contribution < -0.4 is 5.73 Å².